The van der Waals surface area contributed by atoms with Crippen LogP contribution >= 0.6 is 0 Å². The largest absolute Gasteiger partial charge is 0.481 e. The van der Waals surface area contributed by atoms with E-state index in [0.717, 1.165) is 24.9 Å². The van der Waals surface area contributed by atoms with Gasteiger partial charge in [-0.25, -0.2) is 4.39 Å². The molecule has 1 amide bonds. The van der Waals surface area contributed by atoms with Crippen LogP contribution in [0.15, 0.2) is 18.2 Å². The third-order valence-corrected chi connectivity index (χ3v) is 3.06. The Hall–Kier alpha value is -1.62. The Morgan fingerprint density at radius 2 is 2.14 bits per heavy atom. The summed E-state index contributed by atoms with van der Waals surface area (Å²) in [7, 11) is 0. The molecule has 0 heterocycles. The van der Waals surface area contributed by atoms with Crippen molar-refractivity contribution >= 4 is 5.91 Å². The van der Waals surface area contributed by atoms with Crippen molar-refractivity contribution in [2.24, 2.45) is 0 Å². The first-order valence-electron chi connectivity index (χ1n) is 7.48. The molecule has 0 aliphatic heterocycles. The number of rotatable bonds is 9. The molecular weight excluding hydrogens is 271 g/mol. The first kappa shape index (κ1) is 17.4. The monoisotopic (exact) mass is 296 g/mol. The Bertz CT molecular complexity index is 452. The second-order valence-corrected chi connectivity index (χ2v) is 5.09. The molecule has 0 aliphatic rings. The highest BCUT2D eigenvalue weighted by Gasteiger charge is 2.10. The summed E-state index contributed by atoms with van der Waals surface area (Å²) in [5.41, 5.74) is 0.850. The third-order valence-electron chi connectivity index (χ3n) is 3.06. The third kappa shape index (κ3) is 6.58. The molecule has 1 rings (SSSR count). The van der Waals surface area contributed by atoms with Crippen LogP contribution in [0, 0.1) is 5.82 Å². The molecule has 4 nitrogen and oxygen atoms in total. The molecule has 0 saturated carbocycles. The SMILES string of the molecule is CCCC(C)NC(=O)COc1ccc(CNCC)cc1F. The Kier molecular flexibility index (Phi) is 7.75. The highest BCUT2D eigenvalue weighted by Crippen LogP contribution is 2.18. The van der Waals surface area contributed by atoms with Gasteiger partial charge in [0.1, 0.15) is 0 Å². The van der Waals surface area contributed by atoms with Gasteiger partial charge in [-0.2, -0.15) is 0 Å². The molecule has 0 spiro atoms. The van der Waals surface area contributed by atoms with Crippen molar-refractivity contribution in [3.63, 3.8) is 0 Å². The van der Waals surface area contributed by atoms with Gasteiger partial charge in [-0.05, 0) is 37.6 Å². The summed E-state index contributed by atoms with van der Waals surface area (Å²) in [6.07, 6.45) is 1.92. The summed E-state index contributed by atoms with van der Waals surface area (Å²) in [4.78, 5) is 11.7. The average Bonchev–Trinajstić information content (AvgIpc) is 2.44. The maximum Gasteiger partial charge on any atom is 0.258 e. The number of hydrogen-bond acceptors (Lipinski definition) is 3. The lowest BCUT2D eigenvalue weighted by Gasteiger charge is -2.13. The molecule has 0 aliphatic carbocycles. The fraction of sp³-hybridized carbons (Fsp3) is 0.562. The van der Waals surface area contributed by atoms with Gasteiger partial charge >= 0.3 is 0 Å². The molecule has 1 atom stereocenters. The maximum absolute atomic E-state index is 13.8. The van der Waals surface area contributed by atoms with E-state index < -0.39 is 5.82 Å². The lowest BCUT2D eigenvalue weighted by atomic mass is 10.2. The molecule has 0 saturated heterocycles. The van der Waals surface area contributed by atoms with E-state index in [9.17, 15) is 9.18 Å². The lowest BCUT2D eigenvalue weighted by Crippen LogP contribution is -2.36. The van der Waals surface area contributed by atoms with E-state index in [0.29, 0.717) is 6.54 Å². The zero-order valence-electron chi connectivity index (χ0n) is 13.0. The number of amides is 1. The molecule has 5 heteroatoms. The summed E-state index contributed by atoms with van der Waals surface area (Å²) in [5.74, 6) is -0.569. The van der Waals surface area contributed by atoms with Crippen LogP contribution in [0.5, 0.6) is 5.75 Å². The first-order chi connectivity index (χ1) is 10.1. The minimum atomic E-state index is -0.445. The number of carbonyl (C=O) groups is 1. The second kappa shape index (κ2) is 9.34. The van der Waals surface area contributed by atoms with E-state index in [1.807, 2.05) is 13.8 Å². The van der Waals surface area contributed by atoms with E-state index >= 15 is 0 Å². The Balaban J connectivity index is 2.46. The van der Waals surface area contributed by atoms with Crippen LogP contribution in [-0.2, 0) is 11.3 Å². The Morgan fingerprint density at radius 3 is 2.76 bits per heavy atom. The number of nitrogens with one attached hydrogen (secondary N) is 2. The summed E-state index contributed by atoms with van der Waals surface area (Å²) in [5, 5.41) is 5.94. The molecule has 1 aromatic carbocycles. The summed E-state index contributed by atoms with van der Waals surface area (Å²) < 4.78 is 19.1. The highest BCUT2D eigenvalue weighted by atomic mass is 19.1. The zero-order chi connectivity index (χ0) is 15.7. The van der Waals surface area contributed by atoms with Gasteiger partial charge in [-0.1, -0.05) is 26.3 Å². The molecule has 0 radical (unpaired) electrons. The van der Waals surface area contributed by atoms with Gasteiger partial charge in [0.15, 0.2) is 18.2 Å². The van der Waals surface area contributed by atoms with E-state index in [1.54, 1.807) is 12.1 Å². The zero-order valence-corrected chi connectivity index (χ0v) is 13.0. The van der Waals surface area contributed by atoms with Crippen LogP contribution in [0.3, 0.4) is 0 Å². The fourth-order valence-corrected chi connectivity index (χ4v) is 2.01. The predicted octanol–water partition coefficient (Wildman–Crippen LogP) is 2.62. The van der Waals surface area contributed by atoms with Crippen LogP contribution in [0.4, 0.5) is 4.39 Å². The molecule has 0 fully saturated rings. The highest BCUT2D eigenvalue weighted by molar-refractivity contribution is 5.77. The molecule has 1 aromatic rings. The van der Waals surface area contributed by atoms with Crippen LogP contribution in [0.1, 0.15) is 39.2 Å². The molecule has 0 aromatic heterocycles. The van der Waals surface area contributed by atoms with Crippen LogP contribution in [-0.4, -0.2) is 25.1 Å². The van der Waals surface area contributed by atoms with E-state index in [1.165, 1.54) is 6.07 Å². The lowest BCUT2D eigenvalue weighted by molar-refractivity contribution is -0.123. The van der Waals surface area contributed by atoms with Gasteiger partial charge in [-0.15, -0.1) is 0 Å². The predicted molar refractivity (Wildman–Crippen MR) is 81.8 cm³/mol. The van der Waals surface area contributed by atoms with Crippen LogP contribution in [0.25, 0.3) is 0 Å². The molecule has 0 bridgehead atoms. The summed E-state index contributed by atoms with van der Waals surface area (Å²) in [6.45, 7) is 7.27. The Labute approximate surface area is 126 Å². The Morgan fingerprint density at radius 1 is 1.38 bits per heavy atom. The van der Waals surface area contributed by atoms with Crippen molar-refractivity contribution in [3.05, 3.63) is 29.6 Å². The molecule has 2 N–H and O–H groups in total. The number of benzene rings is 1. The van der Waals surface area contributed by atoms with E-state index in [2.05, 4.69) is 17.6 Å². The number of halogens is 1. The number of ether oxygens (including phenoxy) is 1. The van der Waals surface area contributed by atoms with Gasteiger partial charge in [-0.3, -0.25) is 4.79 Å². The first-order valence-corrected chi connectivity index (χ1v) is 7.48. The van der Waals surface area contributed by atoms with Crippen molar-refractivity contribution in [3.8, 4) is 5.75 Å². The fourth-order valence-electron chi connectivity index (χ4n) is 2.01. The minimum Gasteiger partial charge on any atom is -0.481 e. The van der Waals surface area contributed by atoms with Crippen molar-refractivity contribution in [1.29, 1.82) is 0 Å². The van der Waals surface area contributed by atoms with Crippen LogP contribution in [0.2, 0.25) is 0 Å². The second-order valence-electron chi connectivity index (χ2n) is 5.09. The maximum atomic E-state index is 13.8. The quantitative estimate of drug-likeness (QED) is 0.736. The molecule has 118 valence electrons. The van der Waals surface area contributed by atoms with Crippen molar-refractivity contribution < 1.29 is 13.9 Å². The normalized spacial score (nSPS) is 12.0. The van der Waals surface area contributed by atoms with Gasteiger partial charge in [0, 0.05) is 12.6 Å². The smallest absolute Gasteiger partial charge is 0.258 e. The molecule has 1 unspecified atom stereocenters. The van der Waals surface area contributed by atoms with E-state index in [-0.39, 0.29) is 24.3 Å². The standard InChI is InChI=1S/C16H25FN2O2/c1-4-6-12(3)19-16(20)11-21-15-8-7-13(9-14(15)17)10-18-5-2/h7-9,12,18H,4-6,10-11H2,1-3H3,(H,19,20). The van der Waals surface area contributed by atoms with Crippen LogP contribution < -0.4 is 15.4 Å². The molecular formula is C16H25FN2O2. The topological polar surface area (TPSA) is 50.4 Å². The van der Waals surface area contributed by atoms with Crippen molar-refractivity contribution in [1.82, 2.24) is 10.6 Å². The summed E-state index contributed by atoms with van der Waals surface area (Å²) in [6, 6.07) is 4.89. The van der Waals surface area contributed by atoms with Crippen molar-refractivity contribution in [2.75, 3.05) is 13.2 Å². The number of hydrogen-bond donors (Lipinski definition) is 2. The minimum absolute atomic E-state index is 0.105. The van der Waals surface area contributed by atoms with Gasteiger partial charge in [0.2, 0.25) is 0 Å². The van der Waals surface area contributed by atoms with Crippen molar-refractivity contribution in [2.45, 2.75) is 46.2 Å². The average molecular weight is 296 g/mol. The van der Waals surface area contributed by atoms with Gasteiger partial charge in [0.05, 0.1) is 0 Å². The van der Waals surface area contributed by atoms with Gasteiger partial charge in [0.25, 0.3) is 5.91 Å². The van der Waals surface area contributed by atoms with Gasteiger partial charge < -0.3 is 15.4 Å². The summed E-state index contributed by atoms with van der Waals surface area (Å²) >= 11 is 0. The molecule has 21 heavy (non-hydrogen) atoms. The number of carbonyl (C=O) groups excluding carboxylic acids is 1. The van der Waals surface area contributed by atoms with E-state index in [4.69, 9.17) is 4.74 Å².